The van der Waals surface area contributed by atoms with Crippen LogP contribution >= 0.6 is 0 Å². The number of nitrogens with one attached hydrogen (secondary N) is 2. The Hall–Kier alpha value is -3.20. The highest BCUT2D eigenvalue weighted by Crippen LogP contribution is 2.38. The zero-order valence-corrected chi connectivity index (χ0v) is 20.9. The molecule has 2 amide bonds. The molecule has 1 aromatic heterocycles. The van der Waals surface area contributed by atoms with E-state index in [1.807, 2.05) is 24.3 Å². The fourth-order valence-corrected chi connectivity index (χ4v) is 5.77. The van der Waals surface area contributed by atoms with E-state index in [9.17, 15) is 14.4 Å². The summed E-state index contributed by atoms with van der Waals surface area (Å²) >= 11 is 0. The second-order valence-electron chi connectivity index (χ2n) is 10.0. The van der Waals surface area contributed by atoms with Crippen molar-refractivity contribution in [3.8, 4) is 5.75 Å². The number of carbonyl (C=O) groups excluding carboxylic acids is 3. The Labute approximate surface area is 212 Å². The quantitative estimate of drug-likeness (QED) is 0.434. The van der Waals surface area contributed by atoms with Crippen molar-refractivity contribution in [2.45, 2.75) is 69.5 Å². The van der Waals surface area contributed by atoms with Gasteiger partial charge in [-0.1, -0.05) is 50.3 Å². The standard InChI is InChI=1S/C27H37N5O4/c1-36-25-10-6-5-9-22(25)23(28)13-26(34)32-15-19(18-7-3-2-4-8-18)11-24(32)27(35)31-21(16-33)12-20-14-29-17-30-20/h5-6,9-10,14,16-19,21,23-24H,2-4,7-8,11-13,15,28H2,1H3,(H,29,30)(H,31,35)/t19?,21?,23?,24-/m0/s1. The van der Waals surface area contributed by atoms with Crippen LogP contribution in [0.15, 0.2) is 36.8 Å². The van der Waals surface area contributed by atoms with E-state index in [0.29, 0.717) is 31.1 Å². The van der Waals surface area contributed by atoms with Crippen LogP contribution in [0.1, 0.15) is 62.2 Å². The smallest absolute Gasteiger partial charge is 0.243 e. The highest BCUT2D eigenvalue weighted by atomic mass is 16.5. The lowest BCUT2D eigenvalue weighted by molar-refractivity contribution is -0.139. The summed E-state index contributed by atoms with van der Waals surface area (Å²) in [5.41, 5.74) is 7.95. The predicted molar refractivity (Wildman–Crippen MR) is 135 cm³/mol. The number of nitrogens with zero attached hydrogens (tertiary/aromatic N) is 2. The van der Waals surface area contributed by atoms with Gasteiger partial charge in [-0.25, -0.2) is 4.98 Å². The molecule has 3 unspecified atom stereocenters. The Morgan fingerprint density at radius 2 is 2.03 bits per heavy atom. The maximum atomic E-state index is 13.5. The molecule has 1 aliphatic carbocycles. The highest BCUT2D eigenvalue weighted by molar-refractivity contribution is 5.90. The number of rotatable bonds is 10. The Balaban J connectivity index is 1.48. The first kappa shape index (κ1) is 25.9. The van der Waals surface area contributed by atoms with E-state index in [1.165, 1.54) is 25.6 Å². The van der Waals surface area contributed by atoms with Crippen molar-refractivity contribution >= 4 is 18.1 Å². The maximum Gasteiger partial charge on any atom is 0.243 e. The molecule has 1 aliphatic heterocycles. The van der Waals surface area contributed by atoms with Crippen LogP contribution in [0.2, 0.25) is 0 Å². The monoisotopic (exact) mass is 495 g/mol. The van der Waals surface area contributed by atoms with Gasteiger partial charge in [0.05, 0.1) is 19.5 Å². The molecular formula is C27H37N5O4. The van der Waals surface area contributed by atoms with Crippen LogP contribution in [0.5, 0.6) is 5.75 Å². The summed E-state index contributed by atoms with van der Waals surface area (Å²) in [6.07, 6.45) is 10.8. The topological polar surface area (TPSA) is 130 Å². The number of benzene rings is 1. The second kappa shape index (κ2) is 12.2. The number of amides is 2. The third-order valence-corrected chi connectivity index (χ3v) is 7.69. The van der Waals surface area contributed by atoms with Gasteiger partial charge >= 0.3 is 0 Å². The second-order valence-corrected chi connectivity index (χ2v) is 10.0. The number of H-pyrrole nitrogens is 1. The largest absolute Gasteiger partial charge is 0.496 e. The van der Waals surface area contributed by atoms with E-state index in [2.05, 4.69) is 15.3 Å². The number of methoxy groups -OCH3 is 1. The van der Waals surface area contributed by atoms with Crippen LogP contribution in [0.25, 0.3) is 0 Å². The molecule has 2 aliphatic rings. The molecule has 0 bridgehead atoms. The molecule has 36 heavy (non-hydrogen) atoms. The molecule has 1 saturated carbocycles. The van der Waals surface area contributed by atoms with Gasteiger partial charge in [0, 0.05) is 42.9 Å². The Morgan fingerprint density at radius 3 is 2.72 bits per heavy atom. The van der Waals surface area contributed by atoms with Crippen molar-refractivity contribution in [3.63, 3.8) is 0 Å². The van der Waals surface area contributed by atoms with Crippen molar-refractivity contribution < 1.29 is 19.1 Å². The van der Waals surface area contributed by atoms with Gasteiger partial charge in [-0.05, 0) is 24.3 Å². The van der Waals surface area contributed by atoms with Gasteiger partial charge in [-0.15, -0.1) is 0 Å². The minimum atomic E-state index is -0.695. The fraction of sp³-hybridized carbons (Fsp3) is 0.556. The predicted octanol–water partition coefficient (Wildman–Crippen LogP) is 2.53. The average Bonchev–Trinajstić information content (AvgIpc) is 3.59. The van der Waals surface area contributed by atoms with E-state index in [0.717, 1.165) is 30.4 Å². The van der Waals surface area contributed by atoms with Crippen LogP contribution in [0, 0.1) is 11.8 Å². The number of likely N-dealkylation sites (tertiary alicyclic amines) is 1. The van der Waals surface area contributed by atoms with Gasteiger partial charge in [0.15, 0.2) is 0 Å². The average molecular weight is 496 g/mol. The van der Waals surface area contributed by atoms with E-state index >= 15 is 0 Å². The van der Waals surface area contributed by atoms with E-state index in [4.69, 9.17) is 10.5 Å². The molecule has 194 valence electrons. The number of hydrogen-bond acceptors (Lipinski definition) is 6. The fourth-order valence-electron chi connectivity index (χ4n) is 5.77. The van der Waals surface area contributed by atoms with Crippen molar-refractivity contribution in [3.05, 3.63) is 48.0 Å². The number of aromatic nitrogens is 2. The van der Waals surface area contributed by atoms with Crippen molar-refractivity contribution in [1.29, 1.82) is 0 Å². The summed E-state index contributed by atoms with van der Waals surface area (Å²) in [4.78, 5) is 47.3. The molecule has 2 fully saturated rings. The highest BCUT2D eigenvalue weighted by Gasteiger charge is 2.43. The molecule has 1 aromatic carbocycles. The maximum absolute atomic E-state index is 13.5. The Kier molecular flexibility index (Phi) is 8.74. The number of hydrogen-bond donors (Lipinski definition) is 3. The van der Waals surface area contributed by atoms with Crippen LogP contribution < -0.4 is 15.8 Å². The summed E-state index contributed by atoms with van der Waals surface area (Å²) in [7, 11) is 1.58. The molecule has 9 heteroatoms. The van der Waals surface area contributed by atoms with Gasteiger partial charge in [-0.3, -0.25) is 9.59 Å². The third kappa shape index (κ3) is 6.13. The number of ether oxygens (including phenoxy) is 1. The van der Waals surface area contributed by atoms with Crippen molar-refractivity contribution in [2.24, 2.45) is 17.6 Å². The molecule has 4 rings (SSSR count). The van der Waals surface area contributed by atoms with E-state index in [1.54, 1.807) is 18.2 Å². The number of nitrogens with two attached hydrogens (primary N) is 1. The first-order chi connectivity index (χ1) is 17.5. The third-order valence-electron chi connectivity index (χ3n) is 7.69. The Morgan fingerprint density at radius 1 is 1.25 bits per heavy atom. The normalized spacial score (nSPS) is 22.1. The number of aromatic amines is 1. The number of imidazole rings is 1. The van der Waals surface area contributed by atoms with Gasteiger partial charge in [0.1, 0.15) is 18.1 Å². The van der Waals surface area contributed by atoms with Crippen LogP contribution in [0.4, 0.5) is 0 Å². The first-order valence-corrected chi connectivity index (χ1v) is 12.9. The lowest BCUT2D eigenvalue weighted by atomic mass is 9.79. The van der Waals surface area contributed by atoms with E-state index < -0.39 is 18.1 Å². The van der Waals surface area contributed by atoms with Gasteiger partial charge in [0.25, 0.3) is 0 Å². The minimum Gasteiger partial charge on any atom is -0.496 e. The summed E-state index contributed by atoms with van der Waals surface area (Å²) in [6, 6.07) is 5.56. The van der Waals surface area contributed by atoms with E-state index in [-0.39, 0.29) is 24.2 Å². The summed E-state index contributed by atoms with van der Waals surface area (Å²) < 4.78 is 5.42. The molecule has 1 saturated heterocycles. The van der Waals surface area contributed by atoms with Crippen molar-refractivity contribution in [2.75, 3.05) is 13.7 Å². The van der Waals surface area contributed by atoms with Crippen molar-refractivity contribution in [1.82, 2.24) is 20.2 Å². The molecule has 4 atom stereocenters. The van der Waals surface area contributed by atoms with Gasteiger partial charge in [0.2, 0.25) is 11.8 Å². The summed E-state index contributed by atoms with van der Waals surface area (Å²) in [5.74, 6) is 0.991. The van der Waals surface area contributed by atoms with Crippen LogP contribution in [0.3, 0.4) is 0 Å². The summed E-state index contributed by atoms with van der Waals surface area (Å²) in [6.45, 7) is 0.548. The molecule has 9 nitrogen and oxygen atoms in total. The zero-order valence-electron chi connectivity index (χ0n) is 20.9. The SMILES string of the molecule is COc1ccccc1C(N)CC(=O)N1CC(C2CCCCC2)C[C@H]1C(=O)NC(C=O)Cc1cnc[nH]1. The lowest BCUT2D eigenvalue weighted by Crippen LogP contribution is -2.50. The molecule has 4 N–H and O–H groups in total. The van der Waals surface area contributed by atoms with Gasteiger partial charge < -0.3 is 30.5 Å². The number of carbonyl (C=O) groups is 3. The molecule has 0 radical (unpaired) electrons. The molecule has 0 spiro atoms. The first-order valence-electron chi connectivity index (χ1n) is 12.9. The molecule has 2 heterocycles. The van der Waals surface area contributed by atoms with Crippen LogP contribution in [-0.2, 0) is 20.8 Å². The van der Waals surface area contributed by atoms with Gasteiger partial charge in [-0.2, -0.15) is 0 Å². The zero-order chi connectivity index (χ0) is 25.5. The minimum absolute atomic E-state index is 0.0762. The Bertz CT molecular complexity index is 1020. The van der Waals surface area contributed by atoms with Crippen LogP contribution in [-0.4, -0.2) is 58.7 Å². The molecular weight excluding hydrogens is 458 g/mol. The number of aldehydes is 1. The number of para-hydroxylation sites is 1. The lowest BCUT2D eigenvalue weighted by Gasteiger charge is -2.28. The molecule has 2 aromatic rings. The summed E-state index contributed by atoms with van der Waals surface area (Å²) in [5, 5.41) is 2.86.